The number of anilines is 2. The third kappa shape index (κ3) is 3.95. The van der Waals surface area contributed by atoms with Crippen molar-refractivity contribution in [2.45, 2.75) is 24.7 Å². The minimum absolute atomic E-state index is 0.451. The van der Waals surface area contributed by atoms with E-state index in [1.165, 1.54) is 17.5 Å². The SMILES string of the molecule is COc1ccc(SNc2ccccc2C(C)C)cc1NC=O. The average Bonchev–Trinajstić information content (AvgIpc) is 2.53. The highest BCUT2D eigenvalue weighted by atomic mass is 32.2. The first-order valence-corrected chi connectivity index (χ1v) is 7.87. The second-order valence-corrected chi connectivity index (χ2v) is 5.95. The lowest BCUT2D eigenvalue weighted by molar-refractivity contribution is -0.105. The van der Waals surface area contributed by atoms with Gasteiger partial charge in [0.1, 0.15) is 5.75 Å². The topological polar surface area (TPSA) is 50.4 Å². The minimum Gasteiger partial charge on any atom is -0.495 e. The summed E-state index contributed by atoms with van der Waals surface area (Å²) in [6.07, 6.45) is 0.647. The van der Waals surface area contributed by atoms with Crippen LogP contribution in [0.1, 0.15) is 25.3 Å². The fourth-order valence-corrected chi connectivity index (χ4v) is 2.86. The van der Waals surface area contributed by atoms with Crippen LogP contribution >= 0.6 is 11.9 Å². The van der Waals surface area contributed by atoms with E-state index in [1.54, 1.807) is 7.11 Å². The number of rotatable bonds is 7. The van der Waals surface area contributed by atoms with E-state index in [0.717, 1.165) is 10.6 Å². The zero-order valence-corrected chi connectivity index (χ0v) is 13.7. The van der Waals surface area contributed by atoms with Gasteiger partial charge >= 0.3 is 0 Å². The van der Waals surface area contributed by atoms with Gasteiger partial charge < -0.3 is 14.8 Å². The van der Waals surface area contributed by atoms with Gasteiger partial charge in [0, 0.05) is 10.6 Å². The van der Waals surface area contributed by atoms with Gasteiger partial charge in [-0.05, 0) is 47.7 Å². The molecular weight excluding hydrogens is 296 g/mol. The van der Waals surface area contributed by atoms with E-state index in [9.17, 15) is 4.79 Å². The lowest BCUT2D eigenvalue weighted by Gasteiger charge is -2.14. The molecule has 1 amide bonds. The zero-order chi connectivity index (χ0) is 15.9. The Morgan fingerprint density at radius 2 is 1.91 bits per heavy atom. The molecule has 0 spiro atoms. The van der Waals surface area contributed by atoms with Gasteiger partial charge in [-0.25, -0.2) is 0 Å². The van der Waals surface area contributed by atoms with Gasteiger partial charge in [0.15, 0.2) is 0 Å². The first kappa shape index (κ1) is 16.2. The number of hydrogen-bond donors (Lipinski definition) is 2. The van der Waals surface area contributed by atoms with Crippen molar-refractivity contribution in [3.8, 4) is 5.75 Å². The van der Waals surface area contributed by atoms with Gasteiger partial charge in [0.05, 0.1) is 12.8 Å². The maximum atomic E-state index is 10.7. The van der Waals surface area contributed by atoms with E-state index >= 15 is 0 Å². The lowest BCUT2D eigenvalue weighted by atomic mass is 10.0. The molecule has 2 N–H and O–H groups in total. The lowest BCUT2D eigenvalue weighted by Crippen LogP contribution is -1.98. The number of methoxy groups -OCH3 is 1. The van der Waals surface area contributed by atoms with Crippen molar-refractivity contribution in [3.05, 3.63) is 48.0 Å². The molecule has 0 aliphatic heterocycles. The number of hydrogen-bond acceptors (Lipinski definition) is 4. The Balaban J connectivity index is 2.15. The van der Waals surface area contributed by atoms with E-state index < -0.39 is 0 Å². The summed E-state index contributed by atoms with van der Waals surface area (Å²) in [5, 5.41) is 2.65. The summed E-state index contributed by atoms with van der Waals surface area (Å²) in [5.41, 5.74) is 3.03. The smallest absolute Gasteiger partial charge is 0.211 e. The van der Waals surface area contributed by atoms with Crippen LogP contribution in [0.4, 0.5) is 11.4 Å². The number of ether oxygens (including phenoxy) is 1. The minimum atomic E-state index is 0.451. The van der Waals surface area contributed by atoms with Crippen LogP contribution in [0.5, 0.6) is 5.75 Å². The highest BCUT2D eigenvalue weighted by Crippen LogP contribution is 2.32. The van der Waals surface area contributed by atoms with Crippen molar-refractivity contribution < 1.29 is 9.53 Å². The molecule has 0 unspecified atom stereocenters. The molecule has 2 aromatic rings. The number of nitrogens with one attached hydrogen (secondary N) is 2. The van der Waals surface area contributed by atoms with Gasteiger partial charge in [-0.3, -0.25) is 4.79 Å². The summed E-state index contributed by atoms with van der Waals surface area (Å²) in [7, 11) is 1.58. The number of benzene rings is 2. The average molecular weight is 316 g/mol. The van der Waals surface area contributed by atoms with Gasteiger partial charge in [0.2, 0.25) is 6.41 Å². The zero-order valence-electron chi connectivity index (χ0n) is 12.9. The largest absolute Gasteiger partial charge is 0.495 e. The molecule has 0 atom stereocenters. The molecule has 0 heterocycles. The molecule has 0 aliphatic rings. The third-order valence-corrected chi connectivity index (χ3v) is 4.06. The van der Waals surface area contributed by atoms with Crippen LogP contribution in [0.25, 0.3) is 0 Å². The normalized spacial score (nSPS) is 10.4. The molecule has 2 aromatic carbocycles. The molecule has 4 nitrogen and oxygen atoms in total. The predicted octanol–water partition coefficient (Wildman–Crippen LogP) is 4.51. The van der Waals surface area contributed by atoms with E-state index in [1.807, 2.05) is 30.3 Å². The van der Waals surface area contributed by atoms with E-state index in [2.05, 4.69) is 36.0 Å². The van der Waals surface area contributed by atoms with Crippen LogP contribution in [0.2, 0.25) is 0 Å². The quantitative estimate of drug-likeness (QED) is 0.583. The fourth-order valence-electron chi connectivity index (χ4n) is 2.13. The standard InChI is InChI=1S/C17H20N2O2S/c1-12(2)14-6-4-5-7-15(14)19-22-13-8-9-17(21-3)16(10-13)18-11-20/h4-12,19H,1-3H3,(H,18,20). The molecule has 0 fully saturated rings. The Kier molecular flexibility index (Phi) is 5.72. The highest BCUT2D eigenvalue weighted by Gasteiger charge is 2.07. The predicted molar refractivity (Wildman–Crippen MR) is 92.7 cm³/mol. The van der Waals surface area contributed by atoms with Gasteiger partial charge in [0.25, 0.3) is 0 Å². The Morgan fingerprint density at radius 3 is 2.59 bits per heavy atom. The fraction of sp³-hybridized carbons (Fsp3) is 0.235. The number of carbonyl (C=O) groups is 1. The Hall–Kier alpha value is -2.14. The van der Waals surface area contributed by atoms with E-state index in [-0.39, 0.29) is 0 Å². The molecule has 0 saturated carbocycles. The summed E-state index contributed by atoms with van der Waals surface area (Å²) in [5.74, 6) is 1.09. The molecule has 2 rings (SSSR count). The number of para-hydroxylation sites is 1. The molecule has 5 heteroatoms. The first-order valence-electron chi connectivity index (χ1n) is 7.05. The first-order chi connectivity index (χ1) is 10.7. The van der Waals surface area contributed by atoms with Crippen molar-refractivity contribution in [2.24, 2.45) is 0 Å². The molecule has 116 valence electrons. The van der Waals surface area contributed by atoms with Crippen LogP contribution in [-0.4, -0.2) is 13.5 Å². The van der Waals surface area contributed by atoms with Crippen LogP contribution in [0, 0.1) is 0 Å². The van der Waals surface area contributed by atoms with Gasteiger partial charge in [-0.2, -0.15) is 0 Å². The molecule has 0 radical (unpaired) electrons. The van der Waals surface area contributed by atoms with Gasteiger partial charge in [-0.1, -0.05) is 32.0 Å². The van der Waals surface area contributed by atoms with Crippen molar-refractivity contribution in [1.82, 2.24) is 0 Å². The van der Waals surface area contributed by atoms with Crippen molar-refractivity contribution in [3.63, 3.8) is 0 Å². The van der Waals surface area contributed by atoms with E-state index in [0.29, 0.717) is 23.8 Å². The van der Waals surface area contributed by atoms with Crippen molar-refractivity contribution in [2.75, 3.05) is 17.1 Å². The third-order valence-electron chi connectivity index (χ3n) is 3.25. The van der Waals surface area contributed by atoms with Crippen molar-refractivity contribution >= 4 is 29.7 Å². The second kappa shape index (κ2) is 7.75. The molecular formula is C17H20N2O2S. The summed E-state index contributed by atoms with van der Waals surface area (Å²) < 4.78 is 8.59. The Bertz CT molecular complexity index is 644. The summed E-state index contributed by atoms with van der Waals surface area (Å²) in [4.78, 5) is 11.7. The van der Waals surface area contributed by atoms with E-state index in [4.69, 9.17) is 4.74 Å². The van der Waals surface area contributed by atoms with Gasteiger partial charge in [-0.15, -0.1) is 0 Å². The number of amides is 1. The Morgan fingerprint density at radius 1 is 1.14 bits per heavy atom. The monoisotopic (exact) mass is 316 g/mol. The molecule has 0 saturated heterocycles. The molecule has 0 aliphatic carbocycles. The number of carbonyl (C=O) groups excluding carboxylic acids is 1. The summed E-state index contributed by atoms with van der Waals surface area (Å²) >= 11 is 1.50. The maximum absolute atomic E-state index is 10.7. The summed E-state index contributed by atoms with van der Waals surface area (Å²) in [6.45, 7) is 4.34. The van der Waals surface area contributed by atoms with Crippen molar-refractivity contribution in [1.29, 1.82) is 0 Å². The van der Waals surface area contributed by atoms with Crippen LogP contribution in [-0.2, 0) is 4.79 Å². The second-order valence-electron chi connectivity index (χ2n) is 5.07. The molecule has 0 aromatic heterocycles. The van der Waals surface area contributed by atoms with Crippen LogP contribution in [0.15, 0.2) is 47.4 Å². The highest BCUT2D eigenvalue weighted by molar-refractivity contribution is 8.00. The van der Waals surface area contributed by atoms with Crippen LogP contribution in [0.3, 0.4) is 0 Å². The van der Waals surface area contributed by atoms with Crippen LogP contribution < -0.4 is 14.8 Å². The Labute approximate surface area is 135 Å². The maximum Gasteiger partial charge on any atom is 0.211 e. The molecule has 22 heavy (non-hydrogen) atoms. The summed E-state index contributed by atoms with van der Waals surface area (Å²) in [6, 6.07) is 13.9. The molecule has 0 bridgehead atoms.